The van der Waals surface area contributed by atoms with Gasteiger partial charge in [0.2, 0.25) is 0 Å². The first kappa shape index (κ1) is 13.3. The van der Waals surface area contributed by atoms with Crippen molar-refractivity contribution in [3.63, 3.8) is 0 Å². The quantitative estimate of drug-likeness (QED) is 0.502. The predicted octanol–water partition coefficient (Wildman–Crippen LogP) is 4.91. The molecule has 0 fully saturated rings. The Bertz CT molecular complexity index is 781. The normalized spacial score (nSPS) is 10.9. The molecular formula is C17H15BrO2. The van der Waals surface area contributed by atoms with Crippen LogP contribution in [0.5, 0.6) is 11.5 Å². The third kappa shape index (κ3) is 1.93. The first-order valence-electron chi connectivity index (χ1n) is 6.41. The molecule has 2 nitrogen and oxygen atoms in total. The molecule has 0 saturated carbocycles. The minimum atomic E-state index is 0.821. The van der Waals surface area contributed by atoms with Crippen LogP contribution in [0.25, 0.3) is 21.5 Å². The summed E-state index contributed by atoms with van der Waals surface area (Å²) in [5.41, 5.74) is 1.22. The number of hydrogen-bond donors (Lipinski definition) is 0. The molecule has 0 N–H and O–H groups in total. The second-order valence-electron chi connectivity index (χ2n) is 4.63. The van der Waals surface area contributed by atoms with E-state index in [-0.39, 0.29) is 0 Å². The van der Waals surface area contributed by atoms with Crippen LogP contribution >= 0.6 is 15.9 Å². The van der Waals surface area contributed by atoms with Gasteiger partial charge in [0.05, 0.1) is 14.2 Å². The number of methoxy groups -OCH3 is 2. The molecule has 20 heavy (non-hydrogen) atoms. The number of benzene rings is 3. The van der Waals surface area contributed by atoms with E-state index in [0.29, 0.717) is 0 Å². The molecular weight excluding hydrogens is 316 g/mol. The van der Waals surface area contributed by atoms with Gasteiger partial charge in [0.1, 0.15) is 11.5 Å². The molecule has 0 aliphatic rings. The minimum Gasteiger partial charge on any atom is -0.495 e. The van der Waals surface area contributed by atoms with E-state index in [1.807, 2.05) is 12.1 Å². The van der Waals surface area contributed by atoms with Crippen molar-refractivity contribution in [2.24, 2.45) is 0 Å². The second-order valence-corrected chi connectivity index (χ2v) is 5.19. The van der Waals surface area contributed by atoms with Crippen LogP contribution in [0.2, 0.25) is 0 Å². The van der Waals surface area contributed by atoms with Gasteiger partial charge in [0.25, 0.3) is 0 Å². The highest BCUT2D eigenvalue weighted by atomic mass is 79.9. The van der Waals surface area contributed by atoms with Crippen LogP contribution in [-0.2, 0) is 5.33 Å². The highest BCUT2D eigenvalue weighted by molar-refractivity contribution is 9.08. The molecule has 0 saturated heterocycles. The molecule has 0 bridgehead atoms. The Morgan fingerprint density at radius 3 is 1.90 bits per heavy atom. The van der Waals surface area contributed by atoms with Gasteiger partial charge in [-0.05, 0) is 11.6 Å². The fraction of sp³-hybridized carbons (Fsp3) is 0.176. The zero-order valence-corrected chi connectivity index (χ0v) is 13.0. The number of fused-ring (bicyclic) bond motifs is 2. The molecule has 3 aromatic rings. The van der Waals surface area contributed by atoms with Gasteiger partial charge in [-0.3, -0.25) is 0 Å². The van der Waals surface area contributed by atoms with E-state index in [2.05, 4.69) is 46.3 Å². The highest BCUT2D eigenvalue weighted by Crippen LogP contribution is 2.42. The summed E-state index contributed by atoms with van der Waals surface area (Å²) in [6.07, 6.45) is 0. The summed E-state index contributed by atoms with van der Waals surface area (Å²) in [6.45, 7) is 0. The van der Waals surface area contributed by atoms with E-state index in [1.54, 1.807) is 14.2 Å². The molecule has 102 valence electrons. The molecule has 0 amide bonds. The van der Waals surface area contributed by atoms with Crippen LogP contribution in [0.4, 0.5) is 0 Å². The Hall–Kier alpha value is -1.74. The highest BCUT2D eigenvalue weighted by Gasteiger charge is 2.14. The van der Waals surface area contributed by atoms with Crippen LogP contribution in [0.15, 0.2) is 42.5 Å². The predicted molar refractivity (Wildman–Crippen MR) is 87.2 cm³/mol. The Morgan fingerprint density at radius 2 is 1.35 bits per heavy atom. The van der Waals surface area contributed by atoms with Gasteiger partial charge in [-0.15, -0.1) is 0 Å². The summed E-state index contributed by atoms with van der Waals surface area (Å²) in [7, 11) is 3.43. The summed E-state index contributed by atoms with van der Waals surface area (Å²) in [5, 5.41) is 5.13. The van der Waals surface area contributed by atoms with Crippen molar-refractivity contribution in [3.8, 4) is 11.5 Å². The standard InChI is InChI=1S/C17H15BrO2/c1-19-16-12-5-3-4-6-13(12)17(20-2)15-9-11(10-18)7-8-14(15)16/h3-9H,10H2,1-2H3. The average Bonchev–Trinajstić information content (AvgIpc) is 2.51. The van der Waals surface area contributed by atoms with E-state index >= 15 is 0 Å². The average molecular weight is 331 g/mol. The van der Waals surface area contributed by atoms with Gasteiger partial charge >= 0.3 is 0 Å². The summed E-state index contributed by atoms with van der Waals surface area (Å²) in [4.78, 5) is 0. The lowest BCUT2D eigenvalue weighted by Crippen LogP contribution is -1.93. The third-order valence-electron chi connectivity index (χ3n) is 3.55. The van der Waals surface area contributed by atoms with Gasteiger partial charge in [-0.2, -0.15) is 0 Å². The SMILES string of the molecule is COc1c2ccccc2c(OC)c2cc(CBr)ccc12. The van der Waals surface area contributed by atoms with E-state index in [9.17, 15) is 0 Å². The molecule has 0 spiro atoms. The number of ether oxygens (including phenoxy) is 2. The molecule has 0 aromatic heterocycles. The molecule has 3 rings (SSSR count). The van der Waals surface area contributed by atoms with Crippen molar-refractivity contribution in [1.82, 2.24) is 0 Å². The van der Waals surface area contributed by atoms with Crippen molar-refractivity contribution >= 4 is 37.5 Å². The van der Waals surface area contributed by atoms with Crippen molar-refractivity contribution in [3.05, 3.63) is 48.0 Å². The Labute approximate surface area is 126 Å². The largest absolute Gasteiger partial charge is 0.495 e. The lowest BCUT2D eigenvalue weighted by Gasteiger charge is -2.15. The second kappa shape index (κ2) is 5.33. The fourth-order valence-corrected chi connectivity index (χ4v) is 3.02. The molecule has 0 heterocycles. The van der Waals surface area contributed by atoms with Crippen molar-refractivity contribution < 1.29 is 9.47 Å². The van der Waals surface area contributed by atoms with Gasteiger partial charge in [-0.1, -0.05) is 52.3 Å². The molecule has 0 aliphatic heterocycles. The Kier molecular flexibility index (Phi) is 3.53. The lowest BCUT2D eigenvalue weighted by atomic mass is 9.99. The van der Waals surface area contributed by atoms with Crippen molar-refractivity contribution in [2.75, 3.05) is 14.2 Å². The number of halogens is 1. The van der Waals surface area contributed by atoms with Crippen molar-refractivity contribution in [2.45, 2.75) is 5.33 Å². The summed E-state index contributed by atoms with van der Waals surface area (Å²) >= 11 is 3.50. The Balaban J connectivity index is 2.54. The summed E-state index contributed by atoms with van der Waals surface area (Å²) in [5.74, 6) is 1.80. The molecule has 0 aliphatic carbocycles. The maximum absolute atomic E-state index is 5.67. The van der Waals surface area contributed by atoms with Gasteiger partial charge < -0.3 is 9.47 Å². The molecule has 3 aromatic carbocycles. The van der Waals surface area contributed by atoms with Crippen LogP contribution in [0, 0.1) is 0 Å². The van der Waals surface area contributed by atoms with E-state index in [0.717, 1.165) is 38.4 Å². The topological polar surface area (TPSA) is 18.5 Å². The van der Waals surface area contributed by atoms with Gasteiger partial charge in [0, 0.05) is 26.9 Å². The first-order chi connectivity index (χ1) is 9.80. The van der Waals surface area contributed by atoms with E-state index in [1.165, 1.54) is 5.56 Å². The fourth-order valence-electron chi connectivity index (χ4n) is 2.67. The number of alkyl halides is 1. The minimum absolute atomic E-state index is 0.821. The number of rotatable bonds is 3. The zero-order valence-electron chi connectivity index (χ0n) is 11.4. The maximum Gasteiger partial charge on any atom is 0.134 e. The van der Waals surface area contributed by atoms with Crippen LogP contribution in [0.1, 0.15) is 5.56 Å². The molecule has 0 atom stereocenters. The molecule has 3 heteroatoms. The van der Waals surface area contributed by atoms with E-state index in [4.69, 9.17) is 9.47 Å². The van der Waals surface area contributed by atoms with E-state index < -0.39 is 0 Å². The summed E-state index contributed by atoms with van der Waals surface area (Å²) in [6, 6.07) is 14.5. The molecule has 0 radical (unpaired) electrons. The summed E-state index contributed by atoms with van der Waals surface area (Å²) < 4.78 is 11.3. The maximum atomic E-state index is 5.67. The van der Waals surface area contributed by atoms with Crippen LogP contribution in [0.3, 0.4) is 0 Å². The smallest absolute Gasteiger partial charge is 0.134 e. The van der Waals surface area contributed by atoms with Crippen LogP contribution in [-0.4, -0.2) is 14.2 Å². The van der Waals surface area contributed by atoms with Crippen molar-refractivity contribution in [1.29, 1.82) is 0 Å². The third-order valence-corrected chi connectivity index (χ3v) is 4.20. The lowest BCUT2D eigenvalue weighted by molar-refractivity contribution is 0.417. The Morgan fingerprint density at radius 1 is 0.800 bits per heavy atom. The van der Waals surface area contributed by atoms with Gasteiger partial charge in [0.15, 0.2) is 0 Å². The molecule has 0 unspecified atom stereocenters. The first-order valence-corrected chi connectivity index (χ1v) is 7.53. The van der Waals surface area contributed by atoms with Gasteiger partial charge in [-0.25, -0.2) is 0 Å². The zero-order chi connectivity index (χ0) is 14.1. The number of hydrogen-bond acceptors (Lipinski definition) is 2. The van der Waals surface area contributed by atoms with Crippen LogP contribution < -0.4 is 9.47 Å². The monoisotopic (exact) mass is 330 g/mol.